The molecule has 0 aromatic heterocycles. The van der Waals surface area contributed by atoms with E-state index >= 15 is 0 Å². The molecule has 1 aliphatic carbocycles. The highest BCUT2D eigenvalue weighted by atomic mass is 35.5. The van der Waals surface area contributed by atoms with Crippen LogP contribution in [0.5, 0.6) is 5.75 Å². The van der Waals surface area contributed by atoms with E-state index in [0.717, 1.165) is 60.2 Å². The zero-order valence-corrected chi connectivity index (χ0v) is 19.8. The van der Waals surface area contributed by atoms with Crippen molar-refractivity contribution in [3.05, 3.63) is 52.6 Å². The summed E-state index contributed by atoms with van der Waals surface area (Å²) in [5, 5.41) is 8.09. The maximum Gasteiger partial charge on any atom is 0.119 e. The molecule has 0 amide bonds. The summed E-state index contributed by atoms with van der Waals surface area (Å²) < 4.78 is 5.47. The van der Waals surface area contributed by atoms with Crippen molar-refractivity contribution in [2.24, 2.45) is 0 Å². The summed E-state index contributed by atoms with van der Waals surface area (Å²) in [6.07, 6.45) is 8.23. The van der Waals surface area contributed by atoms with Gasteiger partial charge in [0.2, 0.25) is 0 Å². The second-order valence-corrected chi connectivity index (χ2v) is 8.85. The third kappa shape index (κ3) is 5.88. The molecule has 4 nitrogen and oxygen atoms in total. The van der Waals surface area contributed by atoms with Gasteiger partial charge in [0.15, 0.2) is 0 Å². The Morgan fingerprint density at radius 1 is 1.17 bits per heavy atom. The van der Waals surface area contributed by atoms with Crippen LogP contribution in [0.25, 0.3) is 5.70 Å². The first kappa shape index (κ1) is 23.3. The van der Waals surface area contributed by atoms with Gasteiger partial charge in [0, 0.05) is 58.4 Å². The summed E-state index contributed by atoms with van der Waals surface area (Å²) >= 11 is 18.1. The van der Waals surface area contributed by atoms with Crippen LogP contribution < -0.4 is 15.4 Å². The van der Waals surface area contributed by atoms with Crippen molar-refractivity contribution in [3.63, 3.8) is 0 Å². The minimum atomic E-state index is 0.0565. The zero-order valence-electron chi connectivity index (χ0n) is 17.6. The van der Waals surface area contributed by atoms with E-state index < -0.39 is 0 Å². The molecule has 2 aliphatic rings. The molecule has 7 heteroatoms. The predicted molar refractivity (Wildman–Crippen MR) is 130 cm³/mol. The molecule has 2 atom stereocenters. The maximum atomic E-state index is 6.26. The summed E-state index contributed by atoms with van der Waals surface area (Å²) in [6.45, 7) is 4.99. The Labute approximate surface area is 194 Å². The number of nitrogens with zero attached hydrogens (tertiary/aromatic N) is 1. The van der Waals surface area contributed by atoms with Crippen molar-refractivity contribution < 1.29 is 4.74 Å². The number of rotatable bonds is 11. The van der Waals surface area contributed by atoms with Gasteiger partial charge in [-0.15, -0.1) is 23.2 Å². The van der Waals surface area contributed by atoms with Crippen LogP contribution >= 0.6 is 34.8 Å². The zero-order chi connectivity index (χ0) is 21.5. The van der Waals surface area contributed by atoms with Crippen molar-refractivity contribution in [2.45, 2.75) is 31.8 Å². The quantitative estimate of drug-likeness (QED) is 0.423. The molecule has 0 fully saturated rings. The molecule has 164 valence electrons. The third-order valence-electron chi connectivity index (χ3n) is 5.48. The second kappa shape index (κ2) is 11.3. The fraction of sp³-hybridized carbons (Fsp3) is 0.478. The van der Waals surface area contributed by atoms with Crippen molar-refractivity contribution >= 4 is 46.2 Å². The lowest BCUT2D eigenvalue weighted by Gasteiger charge is -2.33. The van der Waals surface area contributed by atoms with Crippen molar-refractivity contribution in [2.75, 3.05) is 43.8 Å². The van der Waals surface area contributed by atoms with Crippen LogP contribution in [0.1, 0.15) is 25.3 Å². The highest BCUT2D eigenvalue weighted by molar-refractivity contribution is 6.31. The van der Waals surface area contributed by atoms with E-state index in [2.05, 4.69) is 40.7 Å². The molecule has 1 heterocycles. The van der Waals surface area contributed by atoms with E-state index in [1.54, 1.807) is 7.11 Å². The van der Waals surface area contributed by atoms with Gasteiger partial charge in [-0.1, -0.05) is 17.7 Å². The van der Waals surface area contributed by atoms with Crippen LogP contribution in [0, 0.1) is 0 Å². The number of nitrogens with one attached hydrogen (secondary N) is 2. The van der Waals surface area contributed by atoms with Gasteiger partial charge < -0.3 is 20.3 Å². The molecular formula is C23H30Cl3N3O. The largest absolute Gasteiger partial charge is 0.497 e. The molecule has 0 saturated carbocycles. The monoisotopic (exact) mass is 469 g/mol. The molecule has 2 N–H and O–H groups in total. The van der Waals surface area contributed by atoms with Crippen LogP contribution in [-0.2, 0) is 0 Å². The molecule has 0 bridgehead atoms. The van der Waals surface area contributed by atoms with Gasteiger partial charge in [-0.2, -0.15) is 0 Å². The van der Waals surface area contributed by atoms with Crippen molar-refractivity contribution in [1.82, 2.24) is 10.2 Å². The van der Waals surface area contributed by atoms with E-state index in [-0.39, 0.29) is 6.04 Å². The molecule has 1 aliphatic heterocycles. The topological polar surface area (TPSA) is 36.5 Å². The molecule has 2 unspecified atom stereocenters. The first-order valence-corrected chi connectivity index (χ1v) is 11.9. The second-order valence-electron chi connectivity index (χ2n) is 7.66. The summed E-state index contributed by atoms with van der Waals surface area (Å²) in [4.78, 5) is 2.33. The minimum absolute atomic E-state index is 0.0565. The number of hydrogen-bond acceptors (Lipinski definition) is 4. The minimum Gasteiger partial charge on any atom is -0.497 e. The van der Waals surface area contributed by atoms with Gasteiger partial charge >= 0.3 is 0 Å². The fourth-order valence-corrected chi connectivity index (χ4v) is 4.58. The number of anilines is 1. The predicted octanol–water partition coefficient (Wildman–Crippen LogP) is 5.43. The molecule has 0 spiro atoms. The molecule has 30 heavy (non-hydrogen) atoms. The van der Waals surface area contributed by atoms with Crippen LogP contribution in [0.4, 0.5) is 5.69 Å². The number of ether oxygens (including phenoxy) is 1. The Kier molecular flexibility index (Phi) is 8.82. The standard InChI is InChI=1S/C23H30Cl3N3O/c1-16(4-3-11-29(12-9-24)13-10-25)27-23-19-7-5-17(26)14-22(19)28-21-8-6-18(30-2)15-20(21)23/h5-8,14-16,22,27-28H,3-4,9-13H2,1-2H3. The Morgan fingerprint density at radius 2 is 1.93 bits per heavy atom. The lowest BCUT2D eigenvalue weighted by atomic mass is 9.90. The smallest absolute Gasteiger partial charge is 0.119 e. The van der Waals surface area contributed by atoms with Crippen molar-refractivity contribution in [1.29, 1.82) is 0 Å². The van der Waals surface area contributed by atoms with Gasteiger partial charge in [0.1, 0.15) is 5.75 Å². The Balaban J connectivity index is 1.74. The Hall–Kier alpha value is -1.33. The number of fused-ring (bicyclic) bond motifs is 2. The van der Waals surface area contributed by atoms with E-state index in [1.165, 1.54) is 5.57 Å². The number of allylic oxidation sites excluding steroid dienone is 2. The van der Waals surface area contributed by atoms with Gasteiger partial charge in [-0.05, 0) is 56.7 Å². The fourth-order valence-electron chi connectivity index (χ4n) is 3.92. The highest BCUT2D eigenvalue weighted by Crippen LogP contribution is 2.38. The third-order valence-corrected chi connectivity index (χ3v) is 6.07. The van der Waals surface area contributed by atoms with E-state index in [0.29, 0.717) is 17.8 Å². The molecule has 1 aromatic rings. The first-order chi connectivity index (χ1) is 14.5. The SMILES string of the molecule is COc1ccc2c(c1)C(NC(C)CCCN(CCCl)CCCl)=C1C=CC(Cl)=CC1N2. The van der Waals surface area contributed by atoms with E-state index in [1.807, 2.05) is 18.2 Å². The summed E-state index contributed by atoms with van der Waals surface area (Å²) in [7, 11) is 1.69. The Morgan fingerprint density at radius 3 is 2.63 bits per heavy atom. The number of halogens is 3. The average Bonchev–Trinajstić information content (AvgIpc) is 2.73. The summed E-state index contributed by atoms with van der Waals surface area (Å²) in [6, 6.07) is 6.49. The first-order valence-electron chi connectivity index (χ1n) is 10.4. The summed E-state index contributed by atoms with van der Waals surface area (Å²) in [5.41, 5.74) is 4.52. The molecule has 0 saturated heterocycles. The van der Waals surface area contributed by atoms with E-state index in [4.69, 9.17) is 39.5 Å². The van der Waals surface area contributed by atoms with Gasteiger partial charge in [-0.25, -0.2) is 0 Å². The van der Waals surface area contributed by atoms with Crippen LogP contribution in [0.3, 0.4) is 0 Å². The number of benzene rings is 1. The van der Waals surface area contributed by atoms with Crippen LogP contribution in [0.15, 0.2) is 47.0 Å². The highest BCUT2D eigenvalue weighted by Gasteiger charge is 2.27. The van der Waals surface area contributed by atoms with Gasteiger partial charge in [0.05, 0.1) is 13.2 Å². The van der Waals surface area contributed by atoms with Crippen molar-refractivity contribution in [3.8, 4) is 5.75 Å². The Bertz CT molecular complexity index is 816. The maximum absolute atomic E-state index is 6.26. The van der Waals surface area contributed by atoms with E-state index in [9.17, 15) is 0 Å². The lowest BCUT2D eigenvalue weighted by molar-refractivity contribution is 0.295. The molecule has 3 rings (SSSR count). The summed E-state index contributed by atoms with van der Waals surface area (Å²) in [5.74, 6) is 2.11. The van der Waals surface area contributed by atoms with Crippen LogP contribution in [-0.4, -0.2) is 55.5 Å². The normalized spacial score (nSPS) is 18.5. The molecular weight excluding hydrogens is 441 g/mol. The molecule has 0 radical (unpaired) electrons. The molecule has 1 aromatic carbocycles. The number of hydrogen-bond donors (Lipinski definition) is 2. The lowest BCUT2D eigenvalue weighted by Crippen LogP contribution is -2.34. The van der Waals surface area contributed by atoms with Gasteiger partial charge in [0.25, 0.3) is 0 Å². The van der Waals surface area contributed by atoms with Gasteiger partial charge in [-0.3, -0.25) is 0 Å². The number of methoxy groups -OCH3 is 1. The number of alkyl halides is 2. The average molecular weight is 471 g/mol. The van der Waals surface area contributed by atoms with Crippen LogP contribution in [0.2, 0.25) is 0 Å².